The molecule has 0 spiro atoms. The second kappa shape index (κ2) is 10.7. The first-order valence-electron chi connectivity index (χ1n) is 9.83. The number of amides is 1. The molecule has 0 aliphatic rings. The molecule has 0 saturated heterocycles. The van der Waals surface area contributed by atoms with E-state index < -0.39 is 0 Å². The van der Waals surface area contributed by atoms with Crippen LogP contribution in [0.4, 0.5) is 0 Å². The Morgan fingerprint density at radius 3 is 2.52 bits per heavy atom. The minimum absolute atomic E-state index is 0.00578. The Bertz CT molecular complexity index is 954. The van der Waals surface area contributed by atoms with Gasteiger partial charge in [-0.15, -0.1) is 5.10 Å². The number of benzene rings is 2. The summed E-state index contributed by atoms with van der Waals surface area (Å²) in [5.74, 6) is 0.144. The van der Waals surface area contributed by atoms with Gasteiger partial charge in [0.15, 0.2) is 5.16 Å². The van der Waals surface area contributed by atoms with Gasteiger partial charge in [-0.2, -0.15) is 0 Å². The van der Waals surface area contributed by atoms with Gasteiger partial charge in [-0.25, -0.2) is 9.89 Å². The summed E-state index contributed by atoms with van der Waals surface area (Å²) in [7, 11) is 0. The number of aromatic nitrogens is 3. The number of carbonyl (C=O) groups is 1. The molecule has 152 valence electrons. The molecule has 0 unspecified atom stereocenters. The average molecular weight is 411 g/mol. The van der Waals surface area contributed by atoms with Crippen LogP contribution in [0.15, 0.2) is 70.6 Å². The van der Waals surface area contributed by atoms with Gasteiger partial charge in [0.1, 0.15) is 0 Å². The van der Waals surface area contributed by atoms with Crippen molar-refractivity contribution in [3.05, 3.63) is 82.3 Å². The largest absolute Gasteiger partial charge is 0.349 e. The highest BCUT2D eigenvalue weighted by atomic mass is 32.2. The molecule has 0 fully saturated rings. The van der Waals surface area contributed by atoms with Crippen LogP contribution in [0.1, 0.15) is 36.9 Å². The van der Waals surface area contributed by atoms with Gasteiger partial charge in [-0.1, -0.05) is 85.8 Å². The van der Waals surface area contributed by atoms with Gasteiger partial charge in [0.25, 0.3) is 0 Å². The molecule has 0 radical (unpaired) electrons. The van der Waals surface area contributed by atoms with Gasteiger partial charge in [-0.3, -0.25) is 9.36 Å². The molecule has 1 atom stereocenters. The van der Waals surface area contributed by atoms with Crippen molar-refractivity contribution in [3.8, 4) is 0 Å². The summed E-state index contributed by atoms with van der Waals surface area (Å²) < 4.78 is 1.59. The lowest BCUT2D eigenvalue weighted by Crippen LogP contribution is -2.30. The first-order chi connectivity index (χ1) is 14.2. The second-order valence-corrected chi connectivity index (χ2v) is 7.75. The molecule has 1 aromatic heterocycles. The Balaban J connectivity index is 1.58. The molecule has 6 nitrogen and oxygen atoms in total. The molecule has 0 bridgehead atoms. The van der Waals surface area contributed by atoms with Crippen molar-refractivity contribution < 1.29 is 4.79 Å². The Morgan fingerprint density at radius 1 is 1.14 bits per heavy atom. The minimum atomic E-state index is -0.253. The van der Waals surface area contributed by atoms with Gasteiger partial charge in [0, 0.05) is 6.54 Å². The van der Waals surface area contributed by atoms with E-state index >= 15 is 0 Å². The van der Waals surface area contributed by atoms with E-state index in [0.29, 0.717) is 11.7 Å². The number of carbonyl (C=O) groups excluding carboxylic acids is 1. The summed E-state index contributed by atoms with van der Waals surface area (Å²) in [5, 5.41) is 10.2. The highest BCUT2D eigenvalue weighted by Crippen LogP contribution is 2.19. The van der Waals surface area contributed by atoms with Crippen LogP contribution in [-0.2, 0) is 17.8 Å². The highest BCUT2D eigenvalue weighted by molar-refractivity contribution is 7.99. The van der Waals surface area contributed by atoms with Crippen molar-refractivity contribution in [2.24, 2.45) is 0 Å². The van der Waals surface area contributed by atoms with E-state index in [1.165, 1.54) is 11.8 Å². The van der Waals surface area contributed by atoms with E-state index in [4.69, 9.17) is 0 Å². The van der Waals surface area contributed by atoms with Crippen molar-refractivity contribution in [2.75, 3.05) is 5.75 Å². The first-order valence-corrected chi connectivity index (χ1v) is 10.8. The number of rotatable bonds is 10. The quantitative estimate of drug-likeness (QED) is 0.501. The number of aryl methyl sites for hydroxylation is 1. The van der Waals surface area contributed by atoms with Crippen LogP contribution in [-0.4, -0.2) is 26.4 Å². The minimum Gasteiger partial charge on any atom is -0.349 e. The van der Waals surface area contributed by atoms with Crippen molar-refractivity contribution in [2.45, 2.75) is 43.9 Å². The molecule has 3 aromatic rings. The van der Waals surface area contributed by atoms with Gasteiger partial charge in [0.2, 0.25) is 5.91 Å². The van der Waals surface area contributed by atoms with Crippen LogP contribution in [0.5, 0.6) is 0 Å². The summed E-state index contributed by atoms with van der Waals surface area (Å²) >= 11 is 1.27. The fourth-order valence-electron chi connectivity index (χ4n) is 3.16. The Labute approximate surface area is 174 Å². The third-order valence-electron chi connectivity index (χ3n) is 4.64. The van der Waals surface area contributed by atoms with Crippen LogP contribution in [0, 0.1) is 0 Å². The lowest BCUT2D eigenvalue weighted by molar-refractivity contribution is -0.119. The SMILES string of the molecule is CCC[C@H](NC(=O)CSc1n[nH]c(=O)n1CCc1ccccc1)c1ccccc1. The molecular formula is C22H26N4O2S. The molecule has 7 heteroatoms. The topological polar surface area (TPSA) is 79.8 Å². The predicted octanol–water partition coefficient (Wildman–Crippen LogP) is 3.56. The number of nitrogens with one attached hydrogen (secondary N) is 2. The zero-order valence-corrected chi connectivity index (χ0v) is 17.3. The number of thioether (sulfide) groups is 1. The van der Waals surface area contributed by atoms with Crippen LogP contribution in [0.25, 0.3) is 0 Å². The average Bonchev–Trinajstić information content (AvgIpc) is 3.11. The molecule has 2 N–H and O–H groups in total. The third-order valence-corrected chi connectivity index (χ3v) is 5.61. The van der Waals surface area contributed by atoms with Gasteiger partial charge >= 0.3 is 5.69 Å². The zero-order chi connectivity index (χ0) is 20.5. The van der Waals surface area contributed by atoms with E-state index in [9.17, 15) is 9.59 Å². The van der Waals surface area contributed by atoms with E-state index in [1.807, 2.05) is 60.7 Å². The molecular weight excluding hydrogens is 384 g/mol. The number of aromatic amines is 1. The monoisotopic (exact) mass is 410 g/mol. The molecule has 0 saturated carbocycles. The molecule has 1 heterocycles. The predicted molar refractivity (Wildman–Crippen MR) is 116 cm³/mol. The van der Waals surface area contributed by atoms with E-state index in [0.717, 1.165) is 30.4 Å². The zero-order valence-electron chi connectivity index (χ0n) is 16.5. The standard InChI is InChI=1S/C22H26N4O2S/c1-2-9-19(18-12-7-4-8-13-18)23-20(27)16-29-22-25-24-21(28)26(22)15-14-17-10-5-3-6-11-17/h3-8,10-13,19H,2,9,14-16H2,1H3,(H,23,27)(H,24,28)/t19-/m0/s1. The highest BCUT2D eigenvalue weighted by Gasteiger charge is 2.16. The lowest BCUT2D eigenvalue weighted by Gasteiger charge is -2.18. The summed E-state index contributed by atoms with van der Waals surface area (Å²) in [6.45, 7) is 2.62. The Hall–Kier alpha value is -2.80. The second-order valence-electron chi connectivity index (χ2n) is 6.81. The normalized spacial score (nSPS) is 11.9. The summed E-state index contributed by atoms with van der Waals surface area (Å²) in [6.07, 6.45) is 2.59. The number of hydrogen-bond acceptors (Lipinski definition) is 4. The molecule has 0 aliphatic carbocycles. The van der Waals surface area contributed by atoms with Crippen molar-refractivity contribution >= 4 is 17.7 Å². The van der Waals surface area contributed by atoms with Gasteiger partial charge < -0.3 is 5.32 Å². The number of H-pyrrole nitrogens is 1. The van der Waals surface area contributed by atoms with Gasteiger partial charge in [-0.05, 0) is 24.0 Å². The molecule has 29 heavy (non-hydrogen) atoms. The van der Waals surface area contributed by atoms with Crippen molar-refractivity contribution in [1.82, 2.24) is 20.1 Å². The van der Waals surface area contributed by atoms with Gasteiger partial charge in [0.05, 0.1) is 11.8 Å². The molecule has 0 aliphatic heterocycles. The van der Waals surface area contributed by atoms with E-state index in [1.54, 1.807) is 4.57 Å². The Kier molecular flexibility index (Phi) is 7.69. The van der Waals surface area contributed by atoms with E-state index in [-0.39, 0.29) is 23.4 Å². The molecule has 2 aromatic carbocycles. The maximum absolute atomic E-state index is 12.5. The number of hydrogen-bond donors (Lipinski definition) is 2. The molecule has 1 amide bonds. The van der Waals surface area contributed by atoms with Crippen LogP contribution >= 0.6 is 11.8 Å². The van der Waals surface area contributed by atoms with Crippen LogP contribution < -0.4 is 11.0 Å². The Morgan fingerprint density at radius 2 is 1.83 bits per heavy atom. The van der Waals surface area contributed by atoms with Crippen molar-refractivity contribution in [3.63, 3.8) is 0 Å². The summed E-state index contributed by atoms with van der Waals surface area (Å²) in [4.78, 5) is 24.6. The van der Waals surface area contributed by atoms with Crippen LogP contribution in [0.3, 0.4) is 0 Å². The fraction of sp³-hybridized carbons (Fsp3) is 0.318. The van der Waals surface area contributed by atoms with Crippen molar-refractivity contribution in [1.29, 1.82) is 0 Å². The number of nitrogens with zero attached hydrogens (tertiary/aromatic N) is 2. The molecule has 3 rings (SSSR count). The third kappa shape index (κ3) is 6.09. The van der Waals surface area contributed by atoms with Crippen LogP contribution in [0.2, 0.25) is 0 Å². The summed E-state index contributed by atoms with van der Waals surface area (Å²) in [6, 6.07) is 20.0. The van der Waals surface area contributed by atoms with E-state index in [2.05, 4.69) is 22.4 Å². The lowest BCUT2D eigenvalue weighted by atomic mass is 10.0. The maximum Gasteiger partial charge on any atom is 0.343 e. The first kappa shape index (κ1) is 20.9. The fourth-order valence-corrected chi connectivity index (χ4v) is 3.94. The summed E-state index contributed by atoms with van der Waals surface area (Å²) in [5.41, 5.74) is 2.00. The maximum atomic E-state index is 12.5. The smallest absolute Gasteiger partial charge is 0.343 e.